The lowest BCUT2D eigenvalue weighted by Gasteiger charge is -2.27. The van der Waals surface area contributed by atoms with Gasteiger partial charge in [-0.1, -0.05) is 38.4 Å². The Labute approximate surface area is 128 Å². The minimum absolute atomic E-state index is 0.0693. The number of hydrogen-bond acceptors (Lipinski definition) is 3. The van der Waals surface area contributed by atoms with E-state index < -0.39 is 29.0 Å². The van der Waals surface area contributed by atoms with Crippen LogP contribution < -0.4 is 5.32 Å². The van der Waals surface area contributed by atoms with Crippen molar-refractivity contribution < 1.29 is 18.7 Å². The maximum Gasteiger partial charge on any atom is 0.319 e. The fourth-order valence-electron chi connectivity index (χ4n) is 1.89. The van der Waals surface area contributed by atoms with Gasteiger partial charge in [0.25, 0.3) is 0 Å². The summed E-state index contributed by atoms with van der Waals surface area (Å²) >= 11 is 5.86. The molecule has 0 aliphatic heterocycles. The SMILES string of the molecule is CCOC(=O)C(C(=O)Nc1c(F)cccc1Cl)C(C)(C)C. The fraction of sp³-hybridized carbons (Fsp3) is 0.467. The molecule has 1 N–H and O–H groups in total. The zero-order valence-electron chi connectivity index (χ0n) is 12.5. The molecule has 0 saturated heterocycles. The van der Waals surface area contributed by atoms with E-state index in [2.05, 4.69) is 5.32 Å². The third-order valence-electron chi connectivity index (χ3n) is 2.86. The molecule has 0 aromatic heterocycles. The van der Waals surface area contributed by atoms with Gasteiger partial charge in [0.1, 0.15) is 11.7 Å². The van der Waals surface area contributed by atoms with Gasteiger partial charge in [-0.05, 0) is 24.5 Å². The molecular weight excluding hydrogens is 297 g/mol. The summed E-state index contributed by atoms with van der Waals surface area (Å²) in [6.45, 7) is 7.02. The van der Waals surface area contributed by atoms with E-state index in [1.54, 1.807) is 27.7 Å². The number of benzene rings is 1. The first kappa shape index (κ1) is 17.4. The maximum absolute atomic E-state index is 13.7. The van der Waals surface area contributed by atoms with E-state index in [1.165, 1.54) is 18.2 Å². The monoisotopic (exact) mass is 315 g/mol. The fourth-order valence-corrected chi connectivity index (χ4v) is 2.10. The number of esters is 1. The Hall–Kier alpha value is -1.62. The molecule has 0 fully saturated rings. The third-order valence-corrected chi connectivity index (χ3v) is 3.18. The first-order chi connectivity index (χ1) is 9.68. The topological polar surface area (TPSA) is 55.4 Å². The molecule has 1 aromatic carbocycles. The molecule has 0 bridgehead atoms. The second kappa shape index (κ2) is 6.89. The zero-order valence-corrected chi connectivity index (χ0v) is 13.3. The molecule has 116 valence electrons. The predicted octanol–water partition coefficient (Wildman–Crippen LogP) is 3.64. The normalized spacial score (nSPS) is 12.7. The lowest BCUT2D eigenvalue weighted by molar-refractivity contribution is -0.155. The van der Waals surface area contributed by atoms with Crippen LogP contribution in [0.5, 0.6) is 0 Å². The first-order valence-electron chi connectivity index (χ1n) is 6.60. The second-order valence-corrected chi connectivity index (χ2v) is 6.04. The molecule has 0 aliphatic rings. The highest BCUT2D eigenvalue weighted by atomic mass is 35.5. The van der Waals surface area contributed by atoms with Crippen LogP contribution in [0.4, 0.5) is 10.1 Å². The maximum atomic E-state index is 13.7. The van der Waals surface area contributed by atoms with Gasteiger partial charge >= 0.3 is 5.97 Å². The number of hydrogen-bond donors (Lipinski definition) is 1. The number of nitrogens with one attached hydrogen (secondary N) is 1. The van der Waals surface area contributed by atoms with Gasteiger partial charge in [-0.25, -0.2) is 4.39 Å². The zero-order chi connectivity index (χ0) is 16.2. The highest BCUT2D eigenvalue weighted by Crippen LogP contribution is 2.31. The standard InChI is InChI=1S/C15H19ClFNO3/c1-5-21-14(20)11(15(2,3)4)13(19)18-12-9(16)7-6-8-10(12)17/h6-8,11H,5H2,1-4H3,(H,18,19). The largest absolute Gasteiger partial charge is 0.465 e. The van der Waals surface area contributed by atoms with Crippen LogP contribution in [0.3, 0.4) is 0 Å². The molecule has 1 unspecified atom stereocenters. The summed E-state index contributed by atoms with van der Waals surface area (Å²) in [6.07, 6.45) is 0. The van der Waals surface area contributed by atoms with E-state index in [0.717, 1.165) is 0 Å². The van der Waals surface area contributed by atoms with Crippen molar-refractivity contribution in [2.75, 3.05) is 11.9 Å². The van der Waals surface area contributed by atoms with E-state index >= 15 is 0 Å². The van der Waals surface area contributed by atoms with Crippen LogP contribution in [0, 0.1) is 17.2 Å². The highest BCUT2D eigenvalue weighted by molar-refractivity contribution is 6.33. The summed E-state index contributed by atoms with van der Waals surface area (Å²) in [5.41, 5.74) is -0.809. The molecule has 1 atom stereocenters. The Morgan fingerprint density at radius 3 is 2.48 bits per heavy atom. The highest BCUT2D eigenvalue weighted by Gasteiger charge is 2.39. The number of rotatable bonds is 4. The van der Waals surface area contributed by atoms with Crippen molar-refractivity contribution in [3.63, 3.8) is 0 Å². The number of anilines is 1. The Morgan fingerprint density at radius 1 is 1.38 bits per heavy atom. The lowest BCUT2D eigenvalue weighted by Crippen LogP contribution is -2.40. The Bertz CT molecular complexity index is 520. The van der Waals surface area contributed by atoms with E-state index in [0.29, 0.717) is 0 Å². The Morgan fingerprint density at radius 2 is 2.00 bits per heavy atom. The average molecular weight is 316 g/mol. The van der Waals surface area contributed by atoms with Crippen molar-refractivity contribution in [1.29, 1.82) is 0 Å². The van der Waals surface area contributed by atoms with Gasteiger partial charge in [-0.3, -0.25) is 9.59 Å². The number of carbonyl (C=O) groups is 2. The Balaban J connectivity index is 3.05. The van der Waals surface area contributed by atoms with Gasteiger partial charge in [0.15, 0.2) is 0 Å². The molecule has 1 amide bonds. The number of carbonyl (C=O) groups excluding carboxylic acids is 2. The van der Waals surface area contributed by atoms with Crippen molar-refractivity contribution in [2.24, 2.45) is 11.3 Å². The summed E-state index contributed by atoms with van der Waals surface area (Å²) < 4.78 is 18.6. The molecule has 0 heterocycles. The quantitative estimate of drug-likeness (QED) is 0.681. The molecule has 0 radical (unpaired) electrons. The van der Waals surface area contributed by atoms with Gasteiger partial charge in [0.2, 0.25) is 5.91 Å². The van der Waals surface area contributed by atoms with E-state index in [4.69, 9.17) is 16.3 Å². The first-order valence-corrected chi connectivity index (χ1v) is 6.97. The summed E-state index contributed by atoms with van der Waals surface area (Å²) in [5, 5.41) is 2.45. The number of ether oxygens (including phenoxy) is 1. The van der Waals surface area contributed by atoms with Crippen LogP contribution >= 0.6 is 11.6 Å². The lowest BCUT2D eigenvalue weighted by atomic mass is 9.80. The van der Waals surface area contributed by atoms with E-state index in [1.807, 2.05) is 0 Å². The second-order valence-electron chi connectivity index (χ2n) is 5.64. The summed E-state index contributed by atoms with van der Waals surface area (Å²) in [5.74, 6) is -3.01. The molecular formula is C15H19ClFNO3. The van der Waals surface area contributed by atoms with Crippen LogP contribution in [0.2, 0.25) is 5.02 Å². The molecule has 0 aliphatic carbocycles. The van der Waals surface area contributed by atoms with Crippen molar-refractivity contribution in [3.8, 4) is 0 Å². The van der Waals surface area contributed by atoms with Crippen molar-refractivity contribution >= 4 is 29.2 Å². The summed E-state index contributed by atoms with van der Waals surface area (Å²) in [4.78, 5) is 24.3. The van der Waals surface area contributed by atoms with E-state index in [9.17, 15) is 14.0 Å². The molecule has 1 rings (SSSR count). The van der Waals surface area contributed by atoms with Crippen LogP contribution in [0.25, 0.3) is 0 Å². The molecule has 6 heteroatoms. The molecule has 1 aromatic rings. The van der Waals surface area contributed by atoms with Crippen LogP contribution in [0.15, 0.2) is 18.2 Å². The number of amides is 1. The Kier molecular flexibility index (Phi) is 5.72. The minimum Gasteiger partial charge on any atom is -0.465 e. The molecule has 0 saturated carbocycles. The molecule has 0 spiro atoms. The minimum atomic E-state index is -1.06. The van der Waals surface area contributed by atoms with Gasteiger partial charge < -0.3 is 10.1 Å². The van der Waals surface area contributed by atoms with Crippen molar-refractivity contribution in [3.05, 3.63) is 29.0 Å². The number of para-hydroxylation sites is 1. The van der Waals surface area contributed by atoms with E-state index in [-0.39, 0.29) is 17.3 Å². The van der Waals surface area contributed by atoms with Gasteiger partial charge in [0, 0.05) is 0 Å². The van der Waals surface area contributed by atoms with Gasteiger partial charge in [-0.15, -0.1) is 0 Å². The van der Waals surface area contributed by atoms with Crippen molar-refractivity contribution in [1.82, 2.24) is 0 Å². The van der Waals surface area contributed by atoms with Crippen LogP contribution in [0.1, 0.15) is 27.7 Å². The molecule has 4 nitrogen and oxygen atoms in total. The number of halogens is 2. The van der Waals surface area contributed by atoms with Crippen LogP contribution in [-0.4, -0.2) is 18.5 Å². The third kappa shape index (κ3) is 4.43. The smallest absolute Gasteiger partial charge is 0.319 e. The summed E-state index contributed by atoms with van der Waals surface area (Å²) in [7, 11) is 0. The predicted molar refractivity (Wildman–Crippen MR) is 79.6 cm³/mol. The molecule has 21 heavy (non-hydrogen) atoms. The summed E-state index contributed by atoms with van der Waals surface area (Å²) in [6, 6.07) is 4.06. The van der Waals surface area contributed by atoms with Gasteiger partial charge in [0.05, 0.1) is 17.3 Å². The van der Waals surface area contributed by atoms with Crippen molar-refractivity contribution in [2.45, 2.75) is 27.7 Å². The average Bonchev–Trinajstić information content (AvgIpc) is 2.32. The van der Waals surface area contributed by atoms with Crippen LogP contribution in [-0.2, 0) is 14.3 Å². The van der Waals surface area contributed by atoms with Gasteiger partial charge in [-0.2, -0.15) is 0 Å².